The highest BCUT2D eigenvalue weighted by Gasteiger charge is 2.09. The Balaban J connectivity index is 3.85. The maximum Gasteiger partial charge on any atom is 0.329 e. The van der Waals surface area contributed by atoms with Crippen molar-refractivity contribution in [2.24, 2.45) is 16.5 Å². The molecule has 0 saturated carbocycles. The molecule has 0 spiro atoms. The minimum atomic E-state index is -0.627. The van der Waals surface area contributed by atoms with Gasteiger partial charge in [0.05, 0.1) is 6.67 Å². The van der Waals surface area contributed by atoms with Crippen LogP contribution in [0.5, 0.6) is 0 Å². The predicted octanol–water partition coefficient (Wildman–Crippen LogP) is -0.789. The van der Waals surface area contributed by atoms with Crippen molar-refractivity contribution in [2.75, 3.05) is 6.67 Å². The molecule has 0 aromatic carbocycles. The maximum atomic E-state index is 10.8. The summed E-state index contributed by atoms with van der Waals surface area (Å²) in [7, 11) is 0. The molecule has 64 valence electrons. The number of carbonyl (C=O) groups excluding carboxylic acids is 1. The Hall–Kier alpha value is -0.940. The molecule has 0 fully saturated rings. The summed E-state index contributed by atoms with van der Waals surface area (Å²) in [5.41, 5.74) is 10.3. The molecule has 0 aliphatic heterocycles. The van der Waals surface area contributed by atoms with E-state index in [0.717, 1.165) is 0 Å². The van der Waals surface area contributed by atoms with Crippen LogP contribution in [0.4, 0.5) is 0 Å². The average molecular weight is 159 g/mol. The fraction of sp³-hybridized carbons (Fsp3) is 0.667. The van der Waals surface area contributed by atoms with Crippen molar-refractivity contribution in [2.45, 2.75) is 19.9 Å². The number of nitrogens with zero attached hydrogens (tertiary/aromatic N) is 1. The van der Waals surface area contributed by atoms with E-state index >= 15 is 0 Å². The van der Waals surface area contributed by atoms with E-state index in [1.54, 1.807) is 6.92 Å². The third kappa shape index (κ3) is 4.46. The first-order chi connectivity index (χ1) is 5.07. The van der Waals surface area contributed by atoms with E-state index in [0.29, 0.717) is 0 Å². The van der Waals surface area contributed by atoms with Crippen molar-refractivity contribution in [3.05, 3.63) is 0 Å². The van der Waals surface area contributed by atoms with Gasteiger partial charge in [-0.3, -0.25) is 0 Å². The fourth-order valence-corrected chi connectivity index (χ4v) is 0.399. The van der Waals surface area contributed by atoms with Crippen LogP contribution < -0.4 is 11.5 Å². The largest absolute Gasteiger partial charge is 0.411 e. The molecule has 5 heteroatoms. The van der Waals surface area contributed by atoms with Gasteiger partial charge >= 0.3 is 5.97 Å². The van der Waals surface area contributed by atoms with E-state index in [2.05, 4.69) is 9.73 Å². The van der Waals surface area contributed by atoms with Crippen molar-refractivity contribution in [1.29, 1.82) is 0 Å². The molecule has 0 rings (SSSR count). The lowest BCUT2D eigenvalue weighted by Gasteiger charge is -2.04. The predicted molar refractivity (Wildman–Crippen MR) is 41.9 cm³/mol. The van der Waals surface area contributed by atoms with Crippen molar-refractivity contribution in [1.82, 2.24) is 0 Å². The van der Waals surface area contributed by atoms with E-state index in [1.807, 2.05) is 0 Å². The third-order valence-electron chi connectivity index (χ3n) is 0.934. The molecule has 1 unspecified atom stereocenters. The molecule has 1 atom stereocenters. The number of hydrogen-bond donors (Lipinski definition) is 2. The fourth-order valence-electron chi connectivity index (χ4n) is 0.399. The van der Waals surface area contributed by atoms with Gasteiger partial charge in [-0.15, -0.1) is 0 Å². The number of esters is 1. The second-order valence-corrected chi connectivity index (χ2v) is 2.07. The molecule has 0 aliphatic carbocycles. The van der Waals surface area contributed by atoms with Crippen molar-refractivity contribution in [3.63, 3.8) is 0 Å². The van der Waals surface area contributed by atoms with Crippen molar-refractivity contribution in [3.8, 4) is 0 Å². The zero-order valence-corrected chi connectivity index (χ0v) is 6.70. The zero-order chi connectivity index (χ0) is 8.85. The summed E-state index contributed by atoms with van der Waals surface area (Å²) in [6.45, 7) is 3.20. The first-order valence-corrected chi connectivity index (χ1v) is 3.26. The van der Waals surface area contributed by atoms with Crippen LogP contribution in [0, 0.1) is 0 Å². The summed E-state index contributed by atoms with van der Waals surface area (Å²) < 4.78 is 4.66. The third-order valence-corrected chi connectivity index (χ3v) is 0.934. The molecule has 0 radical (unpaired) electrons. The van der Waals surface area contributed by atoms with Gasteiger partial charge in [-0.2, -0.15) is 0 Å². The van der Waals surface area contributed by atoms with Gasteiger partial charge in [0.25, 0.3) is 0 Å². The lowest BCUT2D eigenvalue weighted by molar-refractivity contribution is -0.136. The van der Waals surface area contributed by atoms with Crippen LogP contribution >= 0.6 is 0 Å². The average Bonchev–Trinajstić information content (AvgIpc) is 1.87. The van der Waals surface area contributed by atoms with Crippen LogP contribution in [0.1, 0.15) is 13.8 Å². The Morgan fingerprint density at radius 1 is 1.73 bits per heavy atom. The second kappa shape index (κ2) is 4.81. The van der Waals surface area contributed by atoms with Crippen LogP contribution in [0.25, 0.3) is 0 Å². The number of ether oxygens (including phenoxy) is 1. The SMILES string of the molecule is CC(=NCN)OC(=O)C(C)N. The van der Waals surface area contributed by atoms with Crippen LogP contribution in [0.3, 0.4) is 0 Å². The summed E-state index contributed by atoms with van der Waals surface area (Å²) in [4.78, 5) is 14.4. The molecule has 0 aliphatic rings. The normalized spacial score (nSPS) is 14.4. The minimum Gasteiger partial charge on any atom is -0.411 e. The van der Waals surface area contributed by atoms with Crippen LogP contribution in [0.15, 0.2) is 4.99 Å². The van der Waals surface area contributed by atoms with Crippen LogP contribution in [-0.2, 0) is 9.53 Å². The maximum absolute atomic E-state index is 10.8. The molecular formula is C6H13N3O2. The standard InChI is InChI=1S/C6H13N3O2/c1-4(8)6(10)11-5(2)9-3-7/h4H,3,7-8H2,1-2H3. The van der Waals surface area contributed by atoms with Gasteiger partial charge in [0, 0.05) is 6.92 Å². The van der Waals surface area contributed by atoms with E-state index in [9.17, 15) is 4.79 Å². The number of hydrogen-bond acceptors (Lipinski definition) is 5. The number of nitrogens with two attached hydrogens (primary N) is 2. The molecule has 0 amide bonds. The molecule has 0 bridgehead atoms. The van der Waals surface area contributed by atoms with Crippen LogP contribution in [0.2, 0.25) is 0 Å². The Morgan fingerprint density at radius 3 is 2.64 bits per heavy atom. The van der Waals surface area contributed by atoms with Crippen molar-refractivity contribution >= 4 is 11.9 Å². The molecule has 4 N–H and O–H groups in total. The zero-order valence-electron chi connectivity index (χ0n) is 6.70. The molecule has 0 aromatic heterocycles. The second-order valence-electron chi connectivity index (χ2n) is 2.07. The number of rotatable bonds is 2. The van der Waals surface area contributed by atoms with Gasteiger partial charge < -0.3 is 16.2 Å². The smallest absolute Gasteiger partial charge is 0.329 e. The van der Waals surface area contributed by atoms with E-state index in [4.69, 9.17) is 11.5 Å². The first-order valence-electron chi connectivity index (χ1n) is 3.26. The summed E-state index contributed by atoms with van der Waals surface area (Å²) in [5, 5.41) is 0. The highest BCUT2D eigenvalue weighted by molar-refractivity contribution is 5.89. The Labute approximate surface area is 65.4 Å². The quantitative estimate of drug-likeness (QED) is 0.314. The molecule has 5 nitrogen and oxygen atoms in total. The van der Waals surface area contributed by atoms with Gasteiger partial charge in [0.15, 0.2) is 5.90 Å². The van der Waals surface area contributed by atoms with Gasteiger partial charge in [0.2, 0.25) is 0 Å². The van der Waals surface area contributed by atoms with Crippen LogP contribution in [-0.4, -0.2) is 24.6 Å². The molecule has 11 heavy (non-hydrogen) atoms. The highest BCUT2D eigenvalue weighted by Crippen LogP contribution is 1.86. The molecule has 0 saturated heterocycles. The summed E-state index contributed by atoms with van der Waals surface area (Å²) in [6, 6.07) is -0.627. The van der Waals surface area contributed by atoms with Gasteiger partial charge in [0.1, 0.15) is 6.04 Å². The Morgan fingerprint density at radius 2 is 2.27 bits per heavy atom. The minimum absolute atomic E-state index is 0.109. The summed E-state index contributed by atoms with van der Waals surface area (Å²) in [6.07, 6.45) is 0. The molecule has 0 heterocycles. The summed E-state index contributed by atoms with van der Waals surface area (Å²) in [5.74, 6) is -0.255. The number of aliphatic imine (C=N–C) groups is 1. The van der Waals surface area contributed by atoms with E-state index in [-0.39, 0.29) is 12.6 Å². The van der Waals surface area contributed by atoms with Crippen molar-refractivity contribution < 1.29 is 9.53 Å². The monoisotopic (exact) mass is 159 g/mol. The van der Waals surface area contributed by atoms with Gasteiger partial charge in [-0.25, -0.2) is 9.79 Å². The molecule has 0 aromatic rings. The number of carbonyl (C=O) groups is 1. The van der Waals surface area contributed by atoms with E-state index in [1.165, 1.54) is 6.92 Å². The first kappa shape index (κ1) is 10.1. The Bertz CT molecular complexity index is 165. The molecular weight excluding hydrogens is 146 g/mol. The van der Waals surface area contributed by atoms with E-state index < -0.39 is 12.0 Å². The lowest BCUT2D eigenvalue weighted by atomic mass is 10.4. The summed E-state index contributed by atoms with van der Waals surface area (Å²) >= 11 is 0. The van der Waals surface area contributed by atoms with Gasteiger partial charge in [-0.05, 0) is 6.92 Å². The van der Waals surface area contributed by atoms with Gasteiger partial charge in [-0.1, -0.05) is 0 Å². The highest BCUT2D eigenvalue weighted by atomic mass is 16.5. The topological polar surface area (TPSA) is 90.7 Å². The Kier molecular flexibility index (Phi) is 4.40. The lowest BCUT2D eigenvalue weighted by Crippen LogP contribution is -2.30.